The fraction of sp³-hybridized carbons (Fsp3) is 0.944. The largest absolute Gasteiger partial charge is 0.356 e. The number of carbonyl (C=O) groups is 1. The van der Waals surface area contributed by atoms with E-state index in [1.807, 2.05) is 0 Å². The predicted molar refractivity (Wildman–Crippen MR) is 85.2 cm³/mol. The second-order valence-electron chi connectivity index (χ2n) is 8.61. The molecule has 1 N–H and O–H groups in total. The molecule has 5 aliphatic carbocycles. The molecule has 5 aliphatic rings. The first kappa shape index (κ1) is 14.4. The molecular weight excluding hydrogens is 282 g/mol. The summed E-state index contributed by atoms with van der Waals surface area (Å²) in [6.07, 6.45) is 12.7. The maximum Gasteiger partial charge on any atom is 0.220 e. The third-order valence-electron chi connectivity index (χ3n) is 6.83. The van der Waals surface area contributed by atoms with Gasteiger partial charge in [0.05, 0.1) is 0 Å². The van der Waals surface area contributed by atoms with Crippen molar-refractivity contribution in [2.45, 2.75) is 69.6 Å². The molecule has 118 valence electrons. The minimum atomic E-state index is 0.282. The second kappa shape index (κ2) is 5.44. The molecule has 21 heavy (non-hydrogen) atoms. The highest BCUT2D eigenvalue weighted by Crippen LogP contribution is 2.61. The number of carbonyl (C=O) groups excluding carboxylic acids is 1. The van der Waals surface area contributed by atoms with E-state index in [0.717, 1.165) is 37.1 Å². The SMILES string of the molecule is O=C(CC12CC3CC(CC(C3)C1)C2)NCC1CCCC1Cl. The summed E-state index contributed by atoms with van der Waals surface area (Å²) < 4.78 is 0. The van der Waals surface area contributed by atoms with E-state index in [2.05, 4.69) is 5.32 Å². The molecular formula is C18H28ClNO. The number of rotatable bonds is 4. The number of amides is 1. The zero-order valence-electron chi connectivity index (χ0n) is 13.0. The molecule has 3 heteroatoms. The van der Waals surface area contributed by atoms with Gasteiger partial charge in [0.15, 0.2) is 0 Å². The van der Waals surface area contributed by atoms with Crippen molar-refractivity contribution < 1.29 is 4.79 Å². The van der Waals surface area contributed by atoms with E-state index in [0.29, 0.717) is 17.2 Å². The summed E-state index contributed by atoms with van der Waals surface area (Å²) in [5, 5.41) is 3.49. The van der Waals surface area contributed by atoms with Crippen LogP contribution in [0.25, 0.3) is 0 Å². The highest BCUT2D eigenvalue weighted by atomic mass is 35.5. The lowest BCUT2D eigenvalue weighted by Gasteiger charge is -2.56. The van der Waals surface area contributed by atoms with Crippen molar-refractivity contribution in [1.29, 1.82) is 0 Å². The zero-order valence-corrected chi connectivity index (χ0v) is 13.7. The number of halogens is 1. The Bertz CT molecular complexity index is 386. The standard InChI is InChI=1S/C18H28ClNO/c19-16-3-1-2-15(16)11-20-17(21)10-18-7-12-4-13(8-18)6-14(5-12)9-18/h12-16H,1-11H2,(H,20,21). The Labute approximate surface area is 133 Å². The van der Waals surface area contributed by atoms with Crippen molar-refractivity contribution >= 4 is 17.5 Å². The third kappa shape index (κ3) is 2.85. The van der Waals surface area contributed by atoms with Gasteiger partial charge >= 0.3 is 0 Å². The van der Waals surface area contributed by atoms with Crippen LogP contribution in [-0.4, -0.2) is 17.8 Å². The van der Waals surface area contributed by atoms with Crippen LogP contribution >= 0.6 is 11.6 Å². The normalized spacial score (nSPS) is 47.8. The van der Waals surface area contributed by atoms with Crippen LogP contribution in [0.2, 0.25) is 0 Å². The van der Waals surface area contributed by atoms with Crippen LogP contribution < -0.4 is 5.32 Å². The molecule has 2 atom stereocenters. The first-order valence-corrected chi connectivity index (χ1v) is 9.46. The molecule has 4 bridgehead atoms. The summed E-state index contributed by atoms with van der Waals surface area (Å²) >= 11 is 6.31. The lowest BCUT2D eigenvalue weighted by molar-refractivity contribution is -0.129. The topological polar surface area (TPSA) is 29.1 Å². The van der Waals surface area contributed by atoms with E-state index < -0.39 is 0 Å². The molecule has 0 radical (unpaired) electrons. The maximum absolute atomic E-state index is 12.4. The van der Waals surface area contributed by atoms with Crippen molar-refractivity contribution in [2.24, 2.45) is 29.1 Å². The first-order valence-electron chi connectivity index (χ1n) is 9.03. The molecule has 5 rings (SSSR count). The first-order chi connectivity index (χ1) is 10.1. The van der Waals surface area contributed by atoms with Crippen LogP contribution in [0.5, 0.6) is 0 Å². The Morgan fingerprint density at radius 2 is 1.67 bits per heavy atom. The van der Waals surface area contributed by atoms with E-state index in [1.54, 1.807) is 0 Å². The van der Waals surface area contributed by atoms with Crippen molar-refractivity contribution in [3.63, 3.8) is 0 Å². The van der Waals surface area contributed by atoms with Crippen LogP contribution in [0.3, 0.4) is 0 Å². The Morgan fingerprint density at radius 1 is 1.05 bits per heavy atom. The van der Waals surface area contributed by atoms with Crippen molar-refractivity contribution in [1.82, 2.24) is 5.32 Å². The lowest BCUT2D eigenvalue weighted by atomic mass is 9.49. The molecule has 1 amide bonds. The summed E-state index contributed by atoms with van der Waals surface area (Å²) in [4.78, 5) is 12.4. The maximum atomic E-state index is 12.4. The highest BCUT2D eigenvalue weighted by molar-refractivity contribution is 6.20. The molecule has 5 saturated carbocycles. The predicted octanol–water partition coefficient (Wildman–Crippen LogP) is 4.12. The van der Waals surface area contributed by atoms with Gasteiger partial charge in [-0.25, -0.2) is 0 Å². The number of hydrogen-bond donors (Lipinski definition) is 1. The van der Waals surface area contributed by atoms with Gasteiger partial charge in [-0.1, -0.05) is 6.42 Å². The summed E-state index contributed by atoms with van der Waals surface area (Å²) in [5.41, 5.74) is 0.370. The van der Waals surface area contributed by atoms with Gasteiger partial charge in [-0.05, 0) is 80.5 Å². The Balaban J connectivity index is 1.32. The highest BCUT2D eigenvalue weighted by Gasteiger charge is 2.51. The van der Waals surface area contributed by atoms with Gasteiger partial charge in [-0.2, -0.15) is 0 Å². The average Bonchev–Trinajstić information content (AvgIpc) is 2.79. The van der Waals surface area contributed by atoms with Crippen LogP contribution in [-0.2, 0) is 4.79 Å². The van der Waals surface area contributed by atoms with Gasteiger partial charge in [0, 0.05) is 18.3 Å². The van der Waals surface area contributed by atoms with Crippen LogP contribution in [0.4, 0.5) is 0 Å². The van der Waals surface area contributed by atoms with Gasteiger partial charge < -0.3 is 5.32 Å². The molecule has 0 aromatic heterocycles. The molecule has 5 fully saturated rings. The smallest absolute Gasteiger partial charge is 0.220 e. The van der Waals surface area contributed by atoms with Crippen LogP contribution in [0.15, 0.2) is 0 Å². The minimum Gasteiger partial charge on any atom is -0.356 e. The fourth-order valence-electron chi connectivity index (χ4n) is 6.38. The Hall–Kier alpha value is -0.240. The molecule has 2 nitrogen and oxygen atoms in total. The molecule has 0 aromatic carbocycles. The van der Waals surface area contributed by atoms with E-state index in [4.69, 9.17) is 11.6 Å². The summed E-state index contributed by atoms with van der Waals surface area (Å²) in [7, 11) is 0. The summed E-state index contributed by atoms with van der Waals surface area (Å²) in [6.45, 7) is 0.805. The monoisotopic (exact) mass is 309 g/mol. The van der Waals surface area contributed by atoms with E-state index in [-0.39, 0.29) is 5.38 Å². The van der Waals surface area contributed by atoms with Gasteiger partial charge in [-0.15, -0.1) is 11.6 Å². The number of nitrogens with one attached hydrogen (secondary N) is 1. The summed E-state index contributed by atoms with van der Waals surface area (Å²) in [5.74, 6) is 3.61. The quantitative estimate of drug-likeness (QED) is 0.778. The van der Waals surface area contributed by atoms with Gasteiger partial charge in [0.25, 0.3) is 0 Å². The Kier molecular flexibility index (Phi) is 3.72. The minimum absolute atomic E-state index is 0.282. The van der Waals surface area contributed by atoms with Gasteiger partial charge in [0.1, 0.15) is 0 Å². The van der Waals surface area contributed by atoms with E-state index in [9.17, 15) is 4.79 Å². The number of alkyl halides is 1. The van der Waals surface area contributed by atoms with Crippen molar-refractivity contribution in [3.8, 4) is 0 Å². The molecule has 0 spiro atoms. The van der Waals surface area contributed by atoms with Crippen LogP contribution in [0.1, 0.15) is 64.2 Å². The van der Waals surface area contributed by atoms with Crippen LogP contribution in [0, 0.1) is 29.1 Å². The summed E-state index contributed by atoms with van der Waals surface area (Å²) in [6, 6.07) is 0. The zero-order chi connectivity index (χ0) is 14.4. The average molecular weight is 310 g/mol. The van der Waals surface area contributed by atoms with Gasteiger partial charge in [-0.3, -0.25) is 4.79 Å². The molecule has 0 aliphatic heterocycles. The fourth-order valence-corrected chi connectivity index (χ4v) is 6.75. The van der Waals surface area contributed by atoms with Crippen molar-refractivity contribution in [3.05, 3.63) is 0 Å². The van der Waals surface area contributed by atoms with E-state index in [1.165, 1.54) is 51.4 Å². The molecule has 0 aromatic rings. The van der Waals surface area contributed by atoms with E-state index >= 15 is 0 Å². The molecule has 0 heterocycles. The van der Waals surface area contributed by atoms with Gasteiger partial charge in [0.2, 0.25) is 5.91 Å². The second-order valence-corrected chi connectivity index (χ2v) is 9.17. The molecule has 0 saturated heterocycles. The number of hydrogen-bond acceptors (Lipinski definition) is 1. The Morgan fingerprint density at radius 3 is 2.19 bits per heavy atom. The van der Waals surface area contributed by atoms with Crippen molar-refractivity contribution in [2.75, 3.05) is 6.54 Å². The lowest BCUT2D eigenvalue weighted by Crippen LogP contribution is -2.48. The third-order valence-corrected chi connectivity index (χ3v) is 7.40. The molecule has 2 unspecified atom stereocenters.